The highest BCUT2D eigenvalue weighted by molar-refractivity contribution is 7.89. The summed E-state index contributed by atoms with van der Waals surface area (Å²) in [5, 5.41) is 8.77. The fraction of sp³-hybridized carbons (Fsp3) is 0.100. The molecule has 152 valence electrons. The van der Waals surface area contributed by atoms with Gasteiger partial charge in [0.1, 0.15) is 0 Å². The van der Waals surface area contributed by atoms with E-state index >= 15 is 0 Å². The van der Waals surface area contributed by atoms with Crippen LogP contribution < -0.4 is 10.2 Å². The topological polar surface area (TPSA) is 112 Å². The molecule has 4 aromatic rings. The highest BCUT2D eigenvalue weighted by Gasteiger charge is 2.15. The van der Waals surface area contributed by atoms with Gasteiger partial charge in [0.25, 0.3) is 0 Å². The van der Waals surface area contributed by atoms with Crippen LogP contribution in [0, 0.1) is 6.92 Å². The number of nitrogens with zero attached hydrogens (tertiary/aromatic N) is 5. The number of aromatic nitrogens is 5. The van der Waals surface area contributed by atoms with Gasteiger partial charge in [0.15, 0.2) is 5.69 Å². The van der Waals surface area contributed by atoms with Gasteiger partial charge in [0.05, 0.1) is 28.2 Å². The van der Waals surface area contributed by atoms with E-state index < -0.39 is 10.0 Å². The van der Waals surface area contributed by atoms with Crippen LogP contribution in [-0.2, 0) is 10.0 Å². The van der Waals surface area contributed by atoms with Crippen molar-refractivity contribution in [1.29, 1.82) is 0 Å². The number of hydrogen-bond donors (Lipinski definition) is 1. The molecule has 1 aromatic carbocycles. The van der Waals surface area contributed by atoms with E-state index in [-0.39, 0.29) is 16.0 Å². The maximum atomic E-state index is 12.6. The van der Waals surface area contributed by atoms with Crippen LogP contribution in [0.25, 0.3) is 22.8 Å². The third kappa shape index (κ3) is 3.65. The van der Waals surface area contributed by atoms with Crippen LogP contribution in [0.15, 0.2) is 76.8 Å². The molecule has 0 fully saturated rings. The van der Waals surface area contributed by atoms with E-state index in [1.165, 1.54) is 36.1 Å². The summed E-state index contributed by atoms with van der Waals surface area (Å²) < 4.78 is 29.6. The molecule has 0 aliphatic rings. The summed E-state index contributed by atoms with van der Waals surface area (Å²) in [6.45, 7) is 1.87. The molecule has 10 heteroatoms. The van der Waals surface area contributed by atoms with Crippen LogP contribution in [0.4, 0.5) is 0 Å². The van der Waals surface area contributed by atoms with Gasteiger partial charge in [0.2, 0.25) is 15.5 Å². The second-order valence-corrected chi connectivity index (χ2v) is 8.35. The summed E-state index contributed by atoms with van der Waals surface area (Å²) in [5.74, 6) is 0. The standard InChI is InChI=1S/C20H18N6O3S/c1-14-12-16(6-9-22-14)26-18(7-10-23-26)20-19(27)8-11-25(24-20)15-4-3-5-17(13-15)30(28,29)21-2/h3-13,21H,1-2H3. The third-order valence-electron chi connectivity index (χ3n) is 4.48. The number of sulfonamides is 1. The lowest BCUT2D eigenvalue weighted by atomic mass is 10.2. The first-order valence-corrected chi connectivity index (χ1v) is 10.5. The van der Waals surface area contributed by atoms with E-state index in [0.29, 0.717) is 11.4 Å². The lowest BCUT2D eigenvalue weighted by molar-refractivity contribution is 0.588. The molecule has 0 spiro atoms. The summed E-state index contributed by atoms with van der Waals surface area (Å²) in [6.07, 6.45) is 4.75. The van der Waals surface area contributed by atoms with Crippen LogP contribution in [-0.4, -0.2) is 40.0 Å². The van der Waals surface area contributed by atoms with E-state index in [4.69, 9.17) is 0 Å². The van der Waals surface area contributed by atoms with Crippen molar-refractivity contribution in [2.24, 2.45) is 0 Å². The molecule has 0 radical (unpaired) electrons. The summed E-state index contributed by atoms with van der Waals surface area (Å²) in [6, 6.07) is 13.0. The zero-order valence-corrected chi connectivity index (χ0v) is 17.0. The highest BCUT2D eigenvalue weighted by atomic mass is 32.2. The molecule has 9 nitrogen and oxygen atoms in total. The van der Waals surface area contributed by atoms with Gasteiger partial charge in [0, 0.05) is 24.2 Å². The Morgan fingerprint density at radius 2 is 1.83 bits per heavy atom. The molecular weight excluding hydrogens is 404 g/mol. The van der Waals surface area contributed by atoms with Gasteiger partial charge < -0.3 is 0 Å². The SMILES string of the molecule is CNS(=O)(=O)c1cccc(-n2ccc(=O)c(-c3ccnn3-c3ccnc(C)c3)n2)c1. The van der Waals surface area contributed by atoms with Gasteiger partial charge in [-0.2, -0.15) is 10.2 Å². The van der Waals surface area contributed by atoms with Crippen molar-refractivity contribution in [3.8, 4) is 22.8 Å². The quantitative estimate of drug-likeness (QED) is 0.524. The molecule has 0 saturated carbocycles. The van der Waals surface area contributed by atoms with Gasteiger partial charge in [-0.15, -0.1) is 0 Å². The second-order valence-electron chi connectivity index (χ2n) is 6.46. The normalized spacial score (nSPS) is 11.5. The number of pyridine rings is 1. The number of hydrogen-bond acceptors (Lipinski definition) is 6. The van der Waals surface area contributed by atoms with Crippen LogP contribution in [0.5, 0.6) is 0 Å². The Balaban J connectivity index is 1.83. The van der Waals surface area contributed by atoms with E-state index in [9.17, 15) is 13.2 Å². The van der Waals surface area contributed by atoms with Gasteiger partial charge in [-0.3, -0.25) is 9.78 Å². The predicted octanol–water partition coefficient (Wildman–Crippen LogP) is 1.70. The fourth-order valence-corrected chi connectivity index (χ4v) is 3.76. The van der Waals surface area contributed by atoms with Crippen molar-refractivity contribution < 1.29 is 8.42 Å². The van der Waals surface area contributed by atoms with E-state index in [1.807, 2.05) is 13.0 Å². The smallest absolute Gasteiger partial charge is 0.240 e. The fourth-order valence-electron chi connectivity index (χ4n) is 2.99. The molecule has 30 heavy (non-hydrogen) atoms. The first-order chi connectivity index (χ1) is 14.4. The third-order valence-corrected chi connectivity index (χ3v) is 5.89. The van der Waals surface area contributed by atoms with Crippen molar-refractivity contribution in [3.63, 3.8) is 0 Å². The number of nitrogens with one attached hydrogen (secondary N) is 1. The lowest BCUT2D eigenvalue weighted by Gasteiger charge is -2.11. The molecule has 4 rings (SSSR count). The average molecular weight is 422 g/mol. The number of benzene rings is 1. The van der Waals surface area contributed by atoms with Gasteiger partial charge in [-0.1, -0.05) is 6.07 Å². The summed E-state index contributed by atoms with van der Waals surface area (Å²) >= 11 is 0. The van der Waals surface area contributed by atoms with Crippen LogP contribution in [0.3, 0.4) is 0 Å². The molecular formula is C20H18N6O3S. The van der Waals surface area contributed by atoms with Crippen molar-refractivity contribution in [1.82, 2.24) is 29.3 Å². The number of rotatable bonds is 5. The van der Waals surface area contributed by atoms with E-state index in [0.717, 1.165) is 11.4 Å². The maximum Gasteiger partial charge on any atom is 0.240 e. The maximum absolute atomic E-state index is 12.6. The Hall–Kier alpha value is -3.63. The zero-order chi connectivity index (χ0) is 21.3. The molecule has 0 saturated heterocycles. The summed E-state index contributed by atoms with van der Waals surface area (Å²) in [4.78, 5) is 16.9. The molecule has 0 unspecified atom stereocenters. The summed E-state index contributed by atoms with van der Waals surface area (Å²) in [5.41, 5.74) is 2.48. The molecule has 0 aliphatic heterocycles. The van der Waals surface area contributed by atoms with Crippen molar-refractivity contribution in [2.75, 3.05) is 7.05 Å². The minimum atomic E-state index is -3.61. The predicted molar refractivity (Wildman–Crippen MR) is 111 cm³/mol. The van der Waals surface area contributed by atoms with Gasteiger partial charge in [-0.05, 0) is 50.4 Å². The van der Waals surface area contributed by atoms with Crippen LogP contribution >= 0.6 is 0 Å². The van der Waals surface area contributed by atoms with Gasteiger partial charge in [-0.25, -0.2) is 22.5 Å². The molecule has 3 heterocycles. The minimum Gasteiger partial charge on any atom is -0.287 e. The van der Waals surface area contributed by atoms with Gasteiger partial charge >= 0.3 is 0 Å². The monoisotopic (exact) mass is 422 g/mol. The first-order valence-electron chi connectivity index (χ1n) is 9.00. The van der Waals surface area contributed by atoms with Crippen molar-refractivity contribution in [3.05, 3.63) is 83.0 Å². The van der Waals surface area contributed by atoms with Crippen molar-refractivity contribution in [2.45, 2.75) is 11.8 Å². The van der Waals surface area contributed by atoms with E-state index in [2.05, 4.69) is 19.9 Å². The Kier molecular flexibility index (Phi) is 5.02. The Morgan fingerprint density at radius 1 is 1.00 bits per heavy atom. The minimum absolute atomic E-state index is 0.0989. The Labute approximate surface area is 172 Å². The first kappa shape index (κ1) is 19.7. The summed E-state index contributed by atoms with van der Waals surface area (Å²) in [7, 11) is -2.26. The molecule has 0 atom stereocenters. The molecule has 3 aromatic heterocycles. The molecule has 0 bridgehead atoms. The second kappa shape index (κ2) is 7.65. The molecule has 1 N–H and O–H groups in total. The van der Waals surface area contributed by atoms with Crippen LogP contribution in [0.1, 0.15) is 5.69 Å². The molecule has 0 aliphatic carbocycles. The lowest BCUT2D eigenvalue weighted by Crippen LogP contribution is -2.19. The average Bonchev–Trinajstić information content (AvgIpc) is 3.24. The van der Waals surface area contributed by atoms with E-state index in [1.54, 1.807) is 41.3 Å². The Bertz CT molecular complexity index is 1390. The van der Waals surface area contributed by atoms with Crippen molar-refractivity contribution >= 4 is 10.0 Å². The Morgan fingerprint density at radius 3 is 2.60 bits per heavy atom. The number of aryl methyl sites for hydroxylation is 1. The zero-order valence-electron chi connectivity index (χ0n) is 16.2. The largest absolute Gasteiger partial charge is 0.287 e. The molecule has 0 amide bonds. The highest BCUT2D eigenvalue weighted by Crippen LogP contribution is 2.19. The van der Waals surface area contributed by atoms with Crippen LogP contribution in [0.2, 0.25) is 0 Å².